The normalized spacial score (nSPS) is 14.9. The number of benzene rings is 2. The van der Waals surface area contributed by atoms with E-state index >= 15 is 0 Å². The van der Waals surface area contributed by atoms with Crippen molar-refractivity contribution in [2.24, 2.45) is 5.18 Å². The number of aliphatic hydroxyl groups is 1. The van der Waals surface area contributed by atoms with Gasteiger partial charge >= 0.3 is 0 Å². The molecule has 1 unspecified atom stereocenters. The van der Waals surface area contributed by atoms with Gasteiger partial charge in [0.1, 0.15) is 16.8 Å². The minimum atomic E-state index is -0.0157. The van der Waals surface area contributed by atoms with E-state index in [9.17, 15) is 15.3 Å². The Bertz CT molecular complexity index is 1200. The van der Waals surface area contributed by atoms with Gasteiger partial charge in [-0.1, -0.05) is 23.4 Å². The highest BCUT2D eigenvalue weighted by molar-refractivity contribution is 7.09. The van der Waals surface area contributed by atoms with Gasteiger partial charge in [0.2, 0.25) is 0 Å². The molecular formula is C25H27N5O3S. The van der Waals surface area contributed by atoms with Crippen molar-refractivity contribution in [2.45, 2.75) is 38.8 Å². The van der Waals surface area contributed by atoms with Gasteiger partial charge in [-0.25, -0.2) is 4.98 Å². The van der Waals surface area contributed by atoms with Gasteiger partial charge in [-0.3, -0.25) is 4.90 Å². The second-order valence-electron chi connectivity index (χ2n) is 8.45. The fraction of sp³-hybridized carbons (Fsp3) is 0.400. The first-order chi connectivity index (χ1) is 16.5. The number of aliphatic hydroxyl groups excluding tert-OH is 1. The monoisotopic (exact) mass is 477 g/mol. The van der Waals surface area contributed by atoms with E-state index in [1.807, 2.05) is 38.1 Å². The summed E-state index contributed by atoms with van der Waals surface area (Å²) in [4.78, 5) is 17.6. The zero-order chi connectivity index (χ0) is 24.1. The molecule has 0 saturated heterocycles. The summed E-state index contributed by atoms with van der Waals surface area (Å²) < 4.78 is 10.4. The Labute approximate surface area is 203 Å². The Balaban J connectivity index is 1.63. The lowest BCUT2D eigenvalue weighted by Gasteiger charge is -2.28. The van der Waals surface area contributed by atoms with E-state index in [0.717, 1.165) is 29.0 Å². The summed E-state index contributed by atoms with van der Waals surface area (Å²) in [7, 11) is 0. The minimum Gasteiger partial charge on any atom is -0.490 e. The number of hydrogen-bond acceptors (Lipinski definition) is 9. The highest BCUT2D eigenvalue weighted by Gasteiger charge is 2.30. The molecule has 176 valence electrons. The molecule has 0 fully saturated rings. The standard InChI is InChI=1S/C25H27N5O3S/c1-16(2)33-23-9-6-17(14-18(23)15-26)25-28-24(29-34-25)21-5-3-4-20-19(21)7-8-22(20)30(12-13-31)11-10-27-32/h3-6,9,14,16,22,31H,7-8,10-13H2,1-2H3. The second kappa shape index (κ2) is 10.8. The first-order valence-corrected chi connectivity index (χ1v) is 12.1. The molecule has 0 saturated carbocycles. The van der Waals surface area contributed by atoms with Gasteiger partial charge in [-0.2, -0.15) is 14.5 Å². The van der Waals surface area contributed by atoms with Crippen molar-refractivity contribution < 1.29 is 9.84 Å². The number of rotatable bonds is 10. The molecule has 0 radical (unpaired) electrons. The molecule has 0 amide bonds. The van der Waals surface area contributed by atoms with E-state index in [2.05, 4.69) is 26.6 Å². The number of hydrogen-bond donors (Lipinski definition) is 1. The molecule has 34 heavy (non-hydrogen) atoms. The van der Waals surface area contributed by atoms with Crippen LogP contribution >= 0.6 is 11.5 Å². The van der Waals surface area contributed by atoms with Crippen molar-refractivity contribution in [3.63, 3.8) is 0 Å². The van der Waals surface area contributed by atoms with Crippen molar-refractivity contribution in [1.82, 2.24) is 14.3 Å². The number of ether oxygens (including phenoxy) is 1. The summed E-state index contributed by atoms with van der Waals surface area (Å²) in [6, 6.07) is 14.0. The third-order valence-electron chi connectivity index (χ3n) is 5.92. The molecule has 1 aliphatic rings. The van der Waals surface area contributed by atoms with Crippen LogP contribution < -0.4 is 4.74 Å². The maximum Gasteiger partial charge on any atom is 0.173 e. The number of nitroso groups, excluding NO2 is 1. The molecule has 8 nitrogen and oxygen atoms in total. The molecule has 1 N–H and O–H groups in total. The zero-order valence-electron chi connectivity index (χ0n) is 19.3. The van der Waals surface area contributed by atoms with Crippen LogP contribution in [-0.2, 0) is 6.42 Å². The van der Waals surface area contributed by atoms with Crippen LogP contribution in [0.4, 0.5) is 0 Å². The van der Waals surface area contributed by atoms with Crippen LogP contribution in [0.25, 0.3) is 22.0 Å². The van der Waals surface area contributed by atoms with E-state index in [0.29, 0.717) is 30.2 Å². The Kier molecular flexibility index (Phi) is 7.63. The maximum atomic E-state index is 10.7. The predicted octanol–water partition coefficient (Wildman–Crippen LogP) is 4.58. The molecule has 1 aliphatic carbocycles. The van der Waals surface area contributed by atoms with Gasteiger partial charge in [0.15, 0.2) is 5.82 Å². The molecule has 4 rings (SSSR count). The summed E-state index contributed by atoms with van der Waals surface area (Å²) in [5.74, 6) is 1.23. The van der Waals surface area contributed by atoms with Crippen LogP contribution in [0.2, 0.25) is 0 Å². The Hall–Kier alpha value is -3.19. The molecular weight excluding hydrogens is 450 g/mol. The summed E-state index contributed by atoms with van der Waals surface area (Å²) in [5.41, 5.74) is 4.70. The van der Waals surface area contributed by atoms with Gasteiger partial charge in [0, 0.05) is 30.3 Å². The van der Waals surface area contributed by atoms with Crippen LogP contribution in [0.5, 0.6) is 5.75 Å². The number of aromatic nitrogens is 2. The van der Waals surface area contributed by atoms with Crippen molar-refractivity contribution in [3.8, 4) is 33.8 Å². The fourth-order valence-electron chi connectivity index (χ4n) is 4.50. The number of nitriles is 1. The highest BCUT2D eigenvalue weighted by atomic mass is 32.1. The minimum absolute atomic E-state index is 0.0157. The lowest BCUT2D eigenvalue weighted by molar-refractivity contribution is 0.153. The summed E-state index contributed by atoms with van der Waals surface area (Å²) in [5, 5.41) is 22.8. The van der Waals surface area contributed by atoms with E-state index in [-0.39, 0.29) is 25.3 Å². The van der Waals surface area contributed by atoms with Gasteiger partial charge in [0.05, 0.1) is 24.8 Å². The molecule has 0 aliphatic heterocycles. The topological polar surface area (TPSA) is 112 Å². The Morgan fingerprint density at radius 3 is 2.91 bits per heavy atom. The van der Waals surface area contributed by atoms with Crippen molar-refractivity contribution in [2.75, 3.05) is 26.2 Å². The second-order valence-corrected chi connectivity index (χ2v) is 9.20. The quantitative estimate of drug-likeness (QED) is 0.425. The third-order valence-corrected chi connectivity index (χ3v) is 6.69. The number of fused-ring (bicyclic) bond motifs is 1. The molecule has 1 atom stereocenters. The van der Waals surface area contributed by atoms with Gasteiger partial charge in [-0.05, 0) is 67.5 Å². The molecule has 9 heteroatoms. The lowest BCUT2D eigenvalue weighted by atomic mass is 10.0. The van der Waals surface area contributed by atoms with E-state index in [1.165, 1.54) is 22.7 Å². The van der Waals surface area contributed by atoms with Crippen LogP contribution in [0.15, 0.2) is 41.6 Å². The van der Waals surface area contributed by atoms with Gasteiger partial charge < -0.3 is 9.84 Å². The largest absolute Gasteiger partial charge is 0.490 e. The summed E-state index contributed by atoms with van der Waals surface area (Å²) in [6.07, 6.45) is 1.77. The third kappa shape index (κ3) is 4.99. The predicted molar refractivity (Wildman–Crippen MR) is 132 cm³/mol. The van der Waals surface area contributed by atoms with E-state index in [1.54, 1.807) is 6.07 Å². The smallest absolute Gasteiger partial charge is 0.173 e. The van der Waals surface area contributed by atoms with E-state index < -0.39 is 0 Å². The average molecular weight is 478 g/mol. The maximum absolute atomic E-state index is 10.7. The van der Waals surface area contributed by atoms with Crippen molar-refractivity contribution in [1.29, 1.82) is 5.26 Å². The number of nitrogens with zero attached hydrogens (tertiary/aromatic N) is 5. The van der Waals surface area contributed by atoms with Crippen LogP contribution in [0, 0.1) is 16.2 Å². The Morgan fingerprint density at radius 1 is 1.32 bits per heavy atom. The molecule has 1 aromatic heterocycles. The van der Waals surface area contributed by atoms with Crippen LogP contribution in [0.3, 0.4) is 0 Å². The molecule has 1 heterocycles. The van der Waals surface area contributed by atoms with Crippen LogP contribution in [-0.4, -0.2) is 51.7 Å². The zero-order valence-corrected chi connectivity index (χ0v) is 20.1. The first-order valence-electron chi connectivity index (χ1n) is 11.4. The van der Waals surface area contributed by atoms with Crippen molar-refractivity contribution >= 4 is 11.5 Å². The molecule has 2 aromatic carbocycles. The van der Waals surface area contributed by atoms with Gasteiger partial charge in [-0.15, -0.1) is 0 Å². The fourth-order valence-corrected chi connectivity index (χ4v) is 5.17. The molecule has 0 bridgehead atoms. The SMILES string of the molecule is CC(C)Oc1ccc(-c2nc(-c3cccc4c3CCC4N(CCO)CCN=O)ns2)cc1C#N. The van der Waals surface area contributed by atoms with Crippen molar-refractivity contribution in [3.05, 3.63) is 58.0 Å². The summed E-state index contributed by atoms with van der Waals surface area (Å²) in [6.45, 7) is 5.12. The van der Waals surface area contributed by atoms with E-state index in [4.69, 9.17) is 9.72 Å². The first kappa shape index (κ1) is 24.0. The lowest BCUT2D eigenvalue weighted by Crippen LogP contribution is -2.32. The summed E-state index contributed by atoms with van der Waals surface area (Å²) >= 11 is 1.31. The molecule has 3 aromatic rings. The van der Waals surface area contributed by atoms with Gasteiger partial charge in [0.25, 0.3) is 0 Å². The Morgan fingerprint density at radius 2 is 2.18 bits per heavy atom. The average Bonchev–Trinajstić information content (AvgIpc) is 3.49. The molecule has 0 spiro atoms. The highest BCUT2D eigenvalue weighted by Crippen LogP contribution is 2.41. The van der Waals surface area contributed by atoms with Crippen LogP contribution in [0.1, 0.15) is 43.0 Å².